The largest absolute Gasteiger partial charge is 0.370 e. The van der Waals surface area contributed by atoms with Crippen LogP contribution < -0.4 is 11.1 Å². The number of ether oxygens (including phenoxy) is 1. The number of amidine groups is 1. The minimum absolute atomic E-state index is 0.0476. The highest BCUT2D eigenvalue weighted by atomic mass is 32.2. The summed E-state index contributed by atoms with van der Waals surface area (Å²) in [5, 5.41) is 4.00. The summed E-state index contributed by atoms with van der Waals surface area (Å²) < 4.78 is 33.3. The number of benzene rings is 1. The molecule has 8 heteroatoms. The van der Waals surface area contributed by atoms with E-state index in [0.29, 0.717) is 26.2 Å². The Labute approximate surface area is 150 Å². The van der Waals surface area contributed by atoms with Crippen molar-refractivity contribution in [1.29, 1.82) is 0 Å². The van der Waals surface area contributed by atoms with E-state index in [-0.39, 0.29) is 11.6 Å². The summed E-state index contributed by atoms with van der Waals surface area (Å²) in [4.78, 5) is 6.64. The van der Waals surface area contributed by atoms with Gasteiger partial charge in [0.2, 0.25) is 0 Å². The number of aliphatic imine (C=N–C) groups is 1. The molecule has 1 aromatic carbocycles. The maximum Gasteiger partial charge on any atom is 0.161 e. The first-order valence-electron chi connectivity index (χ1n) is 8.07. The van der Waals surface area contributed by atoms with E-state index in [1.54, 1.807) is 0 Å². The number of halogens is 2. The summed E-state index contributed by atoms with van der Waals surface area (Å²) in [6, 6.07) is 2.98. The summed E-state index contributed by atoms with van der Waals surface area (Å²) in [5.41, 5.74) is 7.27. The third kappa shape index (κ3) is 4.20. The Hall–Kier alpha value is -1.48. The first kappa shape index (κ1) is 18.3. The van der Waals surface area contributed by atoms with Crippen LogP contribution in [0.3, 0.4) is 0 Å². The van der Waals surface area contributed by atoms with Gasteiger partial charge in [-0.05, 0) is 30.9 Å². The van der Waals surface area contributed by atoms with Crippen LogP contribution in [-0.4, -0.2) is 48.2 Å². The van der Waals surface area contributed by atoms with Crippen molar-refractivity contribution in [2.75, 3.05) is 26.1 Å². The van der Waals surface area contributed by atoms with Gasteiger partial charge in [-0.1, -0.05) is 18.3 Å². The van der Waals surface area contributed by atoms with E-state index in [1.807, 2.05) is 6.26 Å². The molecular formula is C17H22F2N4OS. The van der Waals surface area contributed by atoms with Crippen LogP contribution >= 0.6 is 11.8 Å². The fourth-order valence-corrected chi connectivity index (χ4v) is 3.63. The van der Waals surface area contributed by atoms with Gasteiger partial charge >= 0.3 is 0 Å². The normalized spacial score (nSPS) is 28.2. The topological polar surface area (TPSA) is 62.9 Å². The highest BCUT2D eigenvalue weighted by molar-refractivity contribution is 8.13. The number of nitrogens with zero attached hydrogens (tertiary/aromatic N) is 2. The molecule has 5 nitrogen and oxygen atoms in total. The molecule has 2 aliphatic rings. The minimum atomic E-state index is -0.648. The number of nitrogens with two attached hydrogens (primary N) is 1. The van der Waals surface area contributed by atoms with Crippen molar-refractivity contribution in [2.24, 2.45) is 10.7 Å². The maximum absolute atomic E-state index is 14.0. The van der Waals surface area contributed by atoms with E-state index in [4.69, 9.17) is 10.5 Å². The smallest absolute Gasteiger partial charge is 0.161 e. The second-order valence-electron chi connectivity index (χ2n) is 6.26. The Kier molecular flexibility index (Phi) is 5.73. The van der Waals surface area contributed by atoms with Crippen LogP contribution in [0.1, 0.15) is 18.1 Å². The Balaban J connectivity index is 1.70. The second kappa shape index (κ2) is 7.82. The van der Waals surface area contributed by atoms with Gasteiger partial charge in [0.25, 0.3) is 0 Å². The predicted molar refractivity (Wildman–Crippen MR) is 96.2 cm³/mol. The Bertz CT molecular complexity index is 685. The Morgan fingerprint density at radius 1 is 1.44 bits per heavy atom. The molecule has 0 aromatic heterocycles. The summed E-state index contributed by atoms with van der Waals surface area (Å²) >= 11 is 1.53. The quantitative estimate of drug-likeness (QED) is 0.838. The van der Waals surface area contributed by atoms with Gasteiger partial charge in [0.15, 0.2) is 5.17 Å². The number of hydrogen-bond donors (Lipinski definition) is 2. The van der Waals surface area contributed by atoms with Crippen LogP contribution in [0.15, 0.2) is 35.5 Å². The first-order chi connectivity index (χ1) is 12.0. The van der Waals surface area contributed by atoms with Gasteiger partial charge in [0.05, 0.1) is 13.3 Å². The van der Waals surface area contributed by atoms with Crippen molar-refractivity contribution in [2.45, 2.75) is 24.6 Å². The monoisotopic (exact) mass is 368 g/mol. The predicted octanol–water partition coefficient (Wildman–Crippen LogP) is 2.22. The van der Waals surface area contributed by atoms with Crippen molar-refractivity contribution in [3.8, 4) is 0 Å². The zero-order valence-electron chi connectivity index (χ0n) is 14.0. The standard InChI is InChI=1S/C17H22F2N4OS/c1-10-7-23(9-21-17(22-10)25-2)12-6-15(20)16(24-8-12)13-5-11(18)3-4-14(13)19/h3-5,12,15-16H,1,6-9,20H2,2H3,(H,21,22)/t12?,15?,16-/m1/s1. The van der Waals surface area contributed by atoms with Gasteiger partial charge in [-0.3, -0.25) is 4.90 Å². The van der Waals surface area contributed by atoms with E-state index in [1.165, 1.54) is 11.8 Å². The number of hydrogen-bond acceptors (Lipinski definition) is 6. The average molecular weight is 368 g/mol. The van der Waals surface area contributed by atoms with Crippen molar-refractivity contribution in [3.05, 3.63) is 47.7 Å². The van der Waals surface area contributed by atoms with Crippen molar-refractivity contribution in [1.82, 2.24) is 10.2 Å². The molecule has 2 unspecified atom stereocenters. The maximum atomic E-state index is 14.0. The first-order valence-corrected chi connectivity index (χ1v) is 9.30. The fraction of sp³-hybridized carbons (Fsp3) is 0.471. The van der Waals surface area contributed by atoms with Crippen LogP contribution in [0, 0.1) is 11.6 Å². The SMILES string of the molecule is C=C1CN(C2CO[C@H](c3cc(F)ccc3F)C(N)C2)CN=C(SC)N1. The molecule has 0 spiro atoms. The van der Waals surface area contributed by atoms with Crippen LogP contribution in [0.4, 0.5) is 8.78 Å². The Morgan fingerprint density at radius 2 is 2.24 bits per heavy atom. The zero-order chi connectivity index (χ0) is 18.0. The van der Waals surface area contributed by atoms with E-state index in [0.717, 1.165) is 29.1 Å². The third-order valence-electron chi connectivity index (χ3n) is 4.45. The Morgan fingerprint density at radius 3 is 2.96 bits per heavy atom. The molecule has 1 fully saturated rings. The van der Waals surface area contributed by atoms with Gasteiger partial charge in [-0.25, -0.2) is 13.8 Å². The summed E-state index contributed by atoms with van der Waals surface area (Å²) in [7, 11) is 0. The van der Waals surface area contributed by atoms with Gasteiger partial charge in [0, 0.05) is 29.9 Å². The van der Waals surface area contributed by atoms with E-state index >= 15 is 0 Å². The van der Waals surface area contributed by atoms with Crippen LogP contribution in [0.5, 0.6) is 0 Å². The number of nitrogens with one attached hydrogen (secondary N) is 1. The number of rotatable bonds is 2. The van der Waals surface area contributed by atoms with Gasteiger partial charge in [-0.15, -0.1) is 0 Å². The molecule has 3 rings (SSSR count). The van der Waals surface area contributed by atoms with Crippen LogP contribution in [0.25, 0.3) is 0 Å². The molecule has 0 radical (unpaired) electrons. The highest BCUT2D eigenvalue weighted by Gasteiger charge is 2.35. The molecule has 0 amide bonds. The zero-order valence-corrected chi connectivity index (χ0v) is 14.9. The molecular weight excluding hydrogens is 346 g/mol. The molecule has 1 saturated heterocycles. The second-order valence-corrected chi connectivity index (χ2v) is 7.05. The molecule has 136 valence electrons. The van der Waals surface area contributed by atoms with E-state index in [2.05, 4.69) is 21.8 Å². The molecule has 0 aliphatic carbocycles. The fourth-order valence-electron chi connectivity index (χ4n) is 3.19. The van der Waals surface area contributed by atoms with Gasteiger partial charge in [-0.2, -0.15) is 0 Å². The molecule has 25 heavy (non-hydrogen) atoms. The average Bonchev–Trinajstić information content (AvgIpc) is 2.78. The molecule has 0 bridgehead atoms. The third-order valence-corrected chi connectivity index (χ3v) is 5.07. The van der Waals surface area contributed by atoms with Crippen LogP contribution in [-0.2, 0) is 4.74 Å². The lowest BCUT2D eigenvalue weighted by atomic mass is 9.93. The lowest BCUT2D eigenvalue weighted by Gasteiger charge is -2.39. The number of thioether (sulfide) groups is 1. The van der Waals surface area contributed by atoms with Crippen molar-refractivity contribution >= 4 is 16.9 Å². The van der Waals surface area contributed by atoms with E-state index in [9.17, 15) is 8.78 Å². The van der Waals surface area contributed by atoms with Gasteiger partial charge < -0.3 is 15.8 Å². The molecule has 2 aliphatic heterocycles. The summed E-state index contributed by atoms with van der Waals surface area (Å²) in [5.74, 6) is -0.995. The lowest BCUT2D eigenvalue weighted by Crippen LogP contribution is -2.49. The highest BCUT2D eigenvalue weighted by Crippen LogP contribution is 2.31. The summed E-state index contributed by atoms with van der Waals surface area (Å²) in [6.45, 7) is 5.54. The minimum Gasteiger partial charge on any atom is -0.370 e. The van der Waals surface area contributed by atoms with E-state index < -0.39 is 23.8 Å². The molecule has 0 saturated carbocycles. The van der Waals surface area contributed by atoms with Crippen molar-refractivity contribution in [3.63, 3.8) is 0 Å². The van der Waals surface area contributed by atoms with Crippen molar-refractivity contribution < 1.29 is 13.5 Å². The molecule has 3 atom stereocenters. The molecule has 2 heterocycles. The lowest BCUT2D eigenvalue weighted by molar-refractivity contribution is -0.0492. The summed E-state index contributed by atoms with van der Waals surface area (Å²) in [6.07, 6.45) is 1.91. The molecule has 3 N–H and O–H groups in total. The van der Waals surface area contributed by atoms with Gasteiger partial charge in [0.1, 0.15) is 17.7 Å². The molecule has 1 aromatic rings. The van der Waals surface area contributed by atoms with Crippen LogP contribution in [0.2, 0.25) is 0 Å².